The number of rotatable bonds is 4. The van der Waals surface area contributed by atoms with Crippen molar-refractivity contribution >= 4 is 33.3 Å². The lowest BCUT2D eigenvalue weighted by molar-refractivity contribution is -0.384. The molecule has 1 aliphatic heterocycles. The minimum absolute atomic E-state index is 0.0219. The number of carboxylic acids is 1. The highest BCUT2D eigenvalue weighted by Crippen LogP contribution is 2.38. The molecule has 0 amide bonds. The quantitative estimate of drug-likeness (QED) is 0.666. The average molecular weight is 344 g/mol. The Kier molecular flexibility index (Phi) is 4.53. The third-order valence-electron chi connectivity index (χ3n) is 3.37. The summed E-state index contributed by atoms with van der Waals surface area (Å²) in [6.45, 7) is 0.612. The molecule has 1 aromatic rings. The highest BCUT2D eigenvalue weighted by Gasteiger charge is 2.31. The molecule has 108 valence electrons. The first-order valence-corrected chi connectivity index (χ1v) is 7.06. The lowest BCUT2D eigenvalue weighted by atomic mass is 9.98. The van der Waals surface area contributed by atoms with Crippen molar-refractivity contribution in [1.82, 2.24) is 4.98 Å². The summed E-state index contributed by atoms with van der Waals surface area (Å²) in [4.78, 5) is 27.3. The van der Waals surface area contributed by atoms with Gasteiger partial charge in [-0.25, -0.2) is 0 Å². The molecule has 0 aliphatic carbocycles. The van der Waals surface area contributed by atoms with Crippen LogP contribution in [0.25, 0.3) is 0 Å². The zero-order valence-corrected chi connectivity index (χ0v) is 12.2. The molecule has 0 saturated carbocycles. The molecule has 8 heteroatoms. The maximum Gasteiger partial charge on any atom is 0.311 e. The molecule has 0 bridgehead atoms. The summed E-state index contributed by atoms with van der Waals surface area (Å²) in [7, 11) is 0. The van der Waals surface area contributed by atoms with E-state index in [9.17, 15) is 14.9 Å². The van der Waals surface area contributed by atoms with Gasteiger partial charge in [-0.3, -0.25) is 19.9 Å². The average Bonchev–Trinajstić information content (AvgIpc) is 2.38. The van der Waals surface area contributed by atoms with Crippen molar-refractivity contribution in [2.75, 3.05) is 11.4 Å². The van der Waals surface area contributed by atoms with Gasteiger partial charge in [-0.2, -0.15) is 0 Å². The highest BCUT2D eigenvalue weighted by molar-refractivity contribution is 9.10. The third-order valence-corrected chi connectivity index (χ3v) is 3.96. The van der Waals surface area contributed by atoms with Gasteiger partial charge < -0.3 is 10.0 Å². The van der Waals surface area contributed by atoms with E-state index in [1.807, 2.05) is 4.90 Å². The largest absolute Gasteiger partial charge is 0.481 e. The number of aromatic nitrogens is 1. The van der Waals surface area contributed by atoms with Crippen molar-refractivity contribution in [2.45, 2.75) is 31.7 Å². The summed E-state index contributed by atoms with van der Waals surface area (Å²) in [5.41, 5.74) is 0.326. The normalized spacial score (nSPS) is 18.9. The van der Waals surface area contributed by atoms with Crippen LogP contribution in [-0.4, -0.2) is 33.6 Å². The number of carbonyl (C=O) groups is 1. The molecule has 0 spiro atoms. The number of carboxylic acid groups (broad SMARTS) is 1. The number of piperidine rings is 1. The van der Waals surface area contributed by atoms with Crippen LogP contribution < -0.4 is 4.90 Å². The maximum absolute atomic E-state index is 11.1. The number of nitro groups is 1. The number of hydrogen-bond acceptors (Lipinski definition) is 5. The lowest BCUT2D eigenvalue weighted by Gasteiger charge is -2.36. The summed E-state index contributed by atoms with van der Waals surface area (Å²) in [6, 6.07) is -0.223. The van der Waals surface area contributed by atoms with E-state index in [0.29, 0.717) is 16.7 Å². The van der Waals surface area contributed by atoms with Gasteiger partial charge >= 0.3 is 11.7 Å². The van der Waals surface area contributed by atoms with Gasteiger partial charge in [0.05, 0.1) is 15.8 Å². The second-order valence-corrected chi connectivity index (χ2v) is 5.54. The second kappa shape index (κ2) is 6.17. The molecule has 7 nitrogen and oxygen atoms in total. The second-order valence-electron chi connectivity index (χ2n) is 4.69. The molecule has 1 N–H and O–H groups in total. The molecule has 1 aromatic heterocycles. The van der Waals surface area contributed by atoms with Crippen LogP contribution in [0.4, 0.5) is 11.4 Å². The summed E-state index contributed by atoms with van der Waals surface area (Å²) in [5, 5.41) is 20.1. The molecular formula is C12H14BrN3O4. The molecule has 1 unspecified atom stereocenters. The van der Waals surface area contributed by atoms with E-state index in [4.69, 9.17) is 5.11 Å². The van der Waals surface area contributed by atoms with E-state index in [1.54, 1.807) is 0 Å². The summed E-state index contributed by atoms with van der Waals surface area (Å²) in [6.07, 6.45) is 5.22. The van der Waals surface area contributed by atoms with Crippen LogP contribution in [0.2, 0.25) is 0 Å². The number of hydrogen-bond donors (Lipinski definition) is 1. The molecule has 1 saturated heterocycles. The monoisotopic (exact) mass is 343 g/mol. The Bertz CT molecular complexity index is 537. The SMILES string of the molecule is O=C(O)CC1CCCCN1c1c(Br)cncc1[N+](=O)[O-]. The summed E-state index contributed by atoms with van der Waals surface area (Å²) in [5.74, 6) is -0.894. The van der Waals surface area contributed by atoms with Crippen molar-refractivity contribution in [3.05, 3.63) is 27.0 Å². The van der Waals surface area contributed by atoms with E-state index in [0.717, 1.165) is 19.3 Å². The van der Waals surface area contributed by atoms with Crippen molar-refractivity contribution in [1.29, 1.82) is 0 Å². The van der Waals surface area contributed by atoms with Crippen LogP contribution in [0.3, 0.4) is 0 Å². The Morgan fingerprint density at radius 1 is 1.55 bits per heavy atom. The minimum Gasteiger partial charge on any atom is -0.481 e. The first-order chi connectivity index (χ1) is 9.50. The smallest absolute Gasteiger partial charge is 0.311 e. The van der Waals surface area contributed by atoms with Crippen molar-refractivity contribution < 1.29 is 14.8 Å². The van der Waals surface area contributed by atoms with Crippen molar-refractivity contribution in [3.8, 4) is 0 Å². The molecule has 2 heterocycles. The Hall–Kier alpha value is -1.70. The van der Waals surface area contributed by atoms with Crippen LogP contribution in [0.15, 0.2) is 16.9 Å². The predicted octanol–water partition coefficient (Wildman–Crippen LogP) is 2.59. The fourth-order valence-corrected chi connectivity index (χ4v) is 3.09. The predicted molar refractivity (Wildman–Crippen MR) is 75.8 cm³/mol. The fourth-order valence-electron chi connectivity index (χ4n) is 2.54. The van der Waals surface area contributed by atoms with Crippen LogP contribution in [0.1, 0.15) is 25.7 Å². The molecule has 1 aliphatic rings. The van der Waals surface area contributed by atoms with E-state index < -0.39 is 10.9 Å². The summed E-state index contributed by atoms with van der Waals surface area (Å²) >= 11 is 3.29. The van der Waals surface area contributed by atoms with Gasteiger partial charge in [0.2, 0.25) is 0 Å². The maximum atomic E-state index is 11.1. The van der Waals surface area contributed by atoms with Gasteiger partial charge in [0.15, 0.2) is 0 Å². The van der Waals surface area contributed by atoms with E-state index >= 15 is 0 Å². The number of anilines is 1. The van der Waals surface area contributed by atoms with Crippen LogP contribution in [-0.2, 0) is 4.79 Å². The molecule has 1 fully saturated rings. The van der Waals surface area contributed by atoms with Crippen LogP contribution in [0, 0.1) is 10.1 Å². The van der Waals surface area contributed by atoms with Crippen LogP contribution >= 0.6 is 15.9 Å². The number of aliphatic carboxylic acids is 1. The number of pyridine rings is 1. The minimum atomic E-state index is -0.894. The molecule has 0 aromatic carbocycles. The zero-order valence-electron chi connectivity index (χ0n) is 10.7. The van der Waals surface area contributed by atoms with Gasteiger partial charge in [0.25, 0.3) is 0 Å². The lowest BCUT2D eigenvalue weighted by Crippen LogP contribution is -2.41. The molecule has 0 radical (unpaired) electrons. The molecule has 1 atom stereocenters. The topological polar surface area (TPSA) is 96.6 Å². The Morgan fingerprint density at radius 2 is 2.30 bits per heavy atom. The fraction of sp³-hybridized carbons (Fsp3) is 0.500. The van der Waals surface area contributed by atoms with Crippen molar-refractivity contribution in [3.63, 3.8) is 0 Å². The first-order valence-electron chi connectivity index (χ1n) is 6.27. The third kappa shape index (κ3) is 3.06. The van der Waals surface area contributed by atoms with Crippen molar-refractivity contribution in [2.24, 2.45) is 0 Å². The number of nitrogens with zero attached hydrogens (tertiary/aromatic N) is 3. The molecule has 20 heavy (non-hydrogen) atoms. The highest BCUT2D eigenvalue weighted by atomic mass is 79.9. The van der Waals surface area contributed by atoms with Gasteiger partial charge in [0.1, 0.15) is 11.9 Å². The Labute approximate surface area is 123 Å². The van der Waals surface area contributed by atoms with E-state index in [1.165, 1.54) is 12.4 Å². The first kappa shape index (κ1) is 14.7. The Balaban J connectivity index is 2.41. The Morgan fingerprint density at radius 3 is 2.95 bits per heavy atom. The van der Waals surface area contributed by atoms with Gasteiger partial charge in [-0.1, -0.05) is 0 Å². The standard InChI is InChI=1S/C12H14BrN3O4/c13-9-6-14-7-10(16(19)20)12(9)15-4-2-1-3-8(15)5-11(17)18/h6-8H,1-5H2,(H,17,18). The van der Waals surface area contributed by atoms with E-state index in [2.05, 4.69) is 20.9 Å². The summed E-state index contributed by atoms with van der Waals surface area (Å²) < 4.78 is 0.518. The van der Waals surface area contributed by atoms with E-state index in [-0.39, 0.29) is 18.2 Å². The molecule has 2 rings (SSSR count). The molecular weight excluding hydrogens is 330 g/mol. The van der Waals surface area contributed by atoms with Gasteiger partial charge in [-0.15, -0.1) is 0 Å². The van der Waals surface area contributed by atoms with Crippen LogP contribution in [0.5, 0.6) is 0 Å². The number of halogens is 1. The van der Waals surface area contributed by atoms with Gasteiger partial charge in [-0.05, 0) is 35.2 Å². The van der Waals surface area contributed by atoms with Gasteiger partial charge in [0, 0.05) is 18.8 Å². The zero-order chi connectivity index (χ0) is 14.7.